The van der Waals surface area contributed by atoms with Crippen LogP contribution in [0.1, 0.15) is 23.6 Å². The van der Waals surface area contributed by atoms with Crippen molar-refractivity contribution in [3.63, 3.8) is 0 Å². The van der Waals surface area contributed by atoms with Crippen LogP contribution in [0.15, 0.2) is 48.5 Å². The van der Waals surface area contributed by atoms with Gasteiger partial charge in [-0.05, 0) is 11.6 Å². The summed E-state index contributed by atoms with van der Waals surface area (Å²) >= 11 is 0. The summed E-state index contributed by atoms with van der Waals surface area (Å²) in [6.07, 6.45) is -1.53. The number of halogens is 2. The molecule has 0 aliphatic carbocycles. The van der Waals surface area contributed by atoms with Gasteiger partial charge in [0, 0.05) is 5.56 Å². The normalized spacial score (nSPS) is 11.6. The number of aliphatic carboxylic acids is 1. The fraction of sp³-hybridized carbons (Fsp3) is 0.176. The molecule has 2 aromatic carbocycles. The largest absolute Gasteiger partial charge is 0.481 e. The molecule has 0 aliphatic heterocycles. The number of ether oxygens (including phenoxy) is 1. The van der Waals surface area contributed by atoms with E-state index in [0.717, 1.165) is 11.6 Å². The maximum atomic E-state index is 13.8. The maximum absolute atomic E-state index is 13.8. The van der Waals surface area contributed by atoms with E-state index in [2.05, 4.69) is 5.32 Å². The topological polar surface area (TPSA) is 75.6 Å². The van der Waals surface area contributed by atoms with Gasteiger partial charge in [-0.25, -0.2) is 13.6 Å². The molecule has 0 radical (unpaired) electrons. The lowest BCUT2D eigenvalue weighted by atomic mass is 10.0. The number of hydrogen-bond acceptors (Lipinski definition) is 3. The molecule has 24 heavy (non-hydrogen) atoms. The van der Waals surface area contributed by atoms with Crippen LogP contribution >= 0.6 is 0 Å². The SMILES string of the molecule is O=C(O)C[C@@H](NC(=O)OCc1ccccc1)c1cccc(F)c1F. The maximum Gasteiger partial charge on any atom is 0.407 e. The number of carboxylic acid groups (broad SMARTS) is 1. The summed E-state index contributed by atoms with van der Waals surface area (Å²) in [7, 11) is 0. The average Bonchev–Trinajstić information content (AvgIpc) is 2.55. The summed E-state index contributed by atoms with van der Waals surface area (Å²) in [5, 5.41) is 11.2. The Hall–Kier alpha value is -2.96. The molecule has 5 nitrogen and oxygen atoms in total. The number of alkyl carbamates (subject to hydrolysis) is 1. The van der Waals surface area contributed by atoms with Crippen LogP contribution in [0.25, 0.3) is 0 Å². The van der Waals surface area contributed by atoms with Gasteiger partial charge in [0.05, 0.1) is 12.5 Å². The van der Waals surface area contributed by atoms with Crippen molar-refractivity contribution in [1.82, 2.24) is 5.32 Å². The smallest absolute Gasteiger partial charge is 0.407 e. The van der Waals surface area contributed by atoms with Crippen molar-refractivity contribution in [2.45, 2.75) is 19.1 Å². The molecule has 2 aromatic rings. The third-order valence-electron chi connectivity index (χ3n) is 3.24. The molecule has 1 amide bonds. The molecule has 0 fully saturated rings. The fourth-order valence-corrected chi connectivity index (χ4v) is 2.11. The standard InChI is InChI=1S/C17H15F2NO4/c18-13-8-4-7-12(16(13)19)14(9-15(21)22)20-17(23)24-10-11-5-2-1-3-6-11/h1-8,14H,9-10H2,(H,20,23)(H,21,22)/t14-/m1/s1. The van der Waals surface area contributed by atoms with Crippen LogP contribution in [-0.4, -0.2) is 17.2 Å². The van der Waals surface area contributed by atoms with E-state index in [4.69, 9.17) is 9.84 Å². The third-order valence-corrected chi connectivity index (χ3v) is 3.24. The van der Waals surface area contributed by atoms with Crippen molar-refractivity contribution >= 4 is 12.1 Å². The molecule has 0 heterocycles. The van der Waals surface area contributed by atoms with E-state index in [9.17, 15) is 18.4 Å². The highest BCUT2D eigenvalue weighted by molar-refractivity contribution is 5.72. The summed E-state index contributed by atoms with van der Waals surface area (Å²) in [5.74, 6) is -3.60. The minimum atomic E-state index is -1.27. The van der Waals surface area contributed by atoms with E-state index in [0.29, 0.717) is 0 Å². The molecule has 1 atom stereocenters. The quantitative estimate of drug-likeness (QED) is 0.848. The number of amides is 1. The molecular formula is C17H15F2NO4. The molecule has 126 valence electrons. The van der Waals surface area contributed by atoms with Gasteiger partial charge in [0.2, 0.25) is 0 Å². The first kappa shape index (κ1) is 17.4. The van der Waals surface area contributed by atoms with Crippen LogP contribution in [-0.2, 0) is 16.1 Å². The number of carbonyl (C=O) groups excluding carboxylic acids is 1. The predicted octanol–water partition coefficient (Wildman–Crippen LogP) is 3.41. The number of carbonyl (C=O) groups is 2. The van der Waals surface area contributed by atoms with Crippen molar-refractivity contribution in [2.24, 2.45) is 0 Å². The lowest BCUT2D eigenvalue weighted by molar-refractivity contribution is -0.137. The van der Waals surface area contributed by atoms with Gasteiger partial charge >= 0.3 is 12.1 Å². The molecule has 2 rings (SSSR count). The summed E-state index contributed by atoms with van der Waals surface area (Å²) in [4.78, 5) is 22.8. The van der Waals surface area contributed by atoms with Gasteiger partial charge < -0.3 is 15.2 Å². The number of carboxylic acids is 1. The molecule has 0 spiro atoms. The zero-order valence-electron chi connectivity index (χ0n) is 12.5. The van der Waals surface area contributed by atoms with E-state index >= 15 is 0 Å². The van der Waals surface area contributed by atoms with E-state index in [1.807, 2.05) is 0 Å². The lowest BCUT2D eigenvalue weighted by Crippen LogP contribution is -2.31. The van der Waals surface area contributed by atoms with Crippen molar-refractivity contribution in [1.29, 1.82) is 0 Å². The molecule has 2 N–H and O–H groups in total. The van der Waals surface area contributed by atoms with E-state index in [-0.39, 0.29) is 12.2 Å². The second-order valence-electron chi connectivity index (χ2n) is 5.00. The highest BCUT2D eigenvalue weighted by Gasteiger charge is 2.23. The first-order valence-electron chi connectivity index (χ1n) is 7.10. The van der Waals surface area contributed by atoms with E-state index < -0.39 is 36.2 Å². The molecule has 7 heteroatoms. The Morgan fingerprint density at radius 1 is 1.08 bits per heavy atom. The van der Waals surface area contributed by atoms with Gasteiger partial charge in [-0.3, -0.25) is 4.79 Å². The van der Waals surface area contributed by atoms with Crippen LogP contribution in [0.2, 0.25) is 0 Å². The zero-order chi connectivity index (χ0) is 17.5. The molecule has 0 saturated heterocycles. The number of benzene rings is 2. The Bertz CT molecular complexity index is 722. The first-order chi connectivity index (χ1) is 11.5. The van der Waals surface area contributed by atoms with Gasteiger partial charge in [-0.15, -0.1) is 0 Å². The number of hydrogen-bond donors (Lipinski definition) is 2. The van der Waals surface area contributed by atoms with Crippen LogP contribution in [0.4, 0.5) is 13.6 Å². The second kappa shape index (κ2) is 8.05. The minimum absolute atomic E-state index is 0.0297. The predicted molar refractivity (Wildman–Crippen MR) is 81.1 cm³/mol. The fourth-order valence-electron chi connectivity index (χ4n) is 2.11. The Kier molecular flexibility index (Phi) is 5.83. The van der Waals surface area contributed by atoms with Crippen molar-refractivity contribution in [3.8, 4) is 0 Å². The summed E-state index contributed by atoms with van der Waals surface area (Å²) in [5.41, 5.74) is 0.480. The van der Waals surface area contributed by atoms with Gasteiger partial charge in [-0.1, -0.05) is 42.5 Å². The Morgan fingerprint density at radius 3 is 2.46 bits per heavy atom. The van der Waals surface area contributed by atoms with Gasteiger partial charge in [0.25, 0.3) is 0 Å². The molecule has 0 aliphatic rings. The first-order valence-corrected chi connectivity index (χ1v) is 7.10. The molecule has 0 bridgehead atoms. The van der Waals surface area contributed by atoms with Gasteiger partial charge in [0.1, 0.15) is 6.61 Å². The molecular weight excluding hydrogens is 320 g/mol. The van der Waals surface area contributed by atoms with Crippen LogP contribution in [0.3, 0.4) is 0 Å². The highest BCUT2D eigenvalue weighted by Crippen LogP contribution is 2.22. The third kappa shape index (κ3) is 4.77. The number of nitrogens with one attached hydrogen (secondary N) is 1. The molecule has 0 unspecified atom stereocenters. The Balaban J connectivity index is 2.07. The van der Waals surface area contributed by atoms with E-state index in [1.165, 1.54) is 12.1 Å². The van der Waals surface area contributed by atoms with Crippen molar-refractivity contribution in [3.05, 3.63) is 71.3 Å². The minimum Gasteiger partial charge on any atom is -0.481 e. The summed E-state index contributed by atoms with van der Waals surface area (Å²) < 4.78 is 32.1. The Labute approximate surface area is 136 Å². The van der Waals surface area contributed by atoms with E-state index in [1.54, 1.807) is 30.3 Å². The Morgan fingerprint density at radius 2 is 1.79 bits per heavy atom. The molecule has 0 aromatic heterocycles. The highest BCUT2D eigenvalue weighted by atomic mass is 19.2. The number of rotatable bonds is 6. The lowest BCUT2D eigenvalue weighted by Gasteiger charge is -2.18. The molecule has 0 saturated carbocycles. The second-order valence-corrected chi connectivity index (χ2v) is 5.00. The monoisotopic (exact) mass is 335 g/mol. The average molecular weight is 335 g/mol. The van der Waals surface area contributed by atoms with Gasteiger partial charge in [-0.2, -0.15) is 0 Å². The van der Waals surface area contributed by atoms with Crippen LogP contribution < -0.4 is 5.32 Å². The van der Waals surface area contributed by atoms with Crippen molar-refractivity contribution < 1.29 is 28.2 Å². The van der Waals surface area contributed by atoms with Crippen molar-refractivity contribution in [2.75, 3.05) is 0 Å². The summed E-state index contributed by atoms with van der Waals surface area (Å²) in [6, 6.07) is 10.9. The zero-order valence-corrected chi connectivity index (χ0v) is 12.5. The van der Waals surface area contributed by atoms with Crippen LogP contribution in [0, 0.1) is 11.6 Å². The van der Waals surface area contributed by atoms with Gasteiger partial charge in [0.15, 0.2) is 11.6 Å². The van der Waals surface area contributed by atoms with Crippen LogP contribution in [0.5, 0.6) is 0 Å². The summed E-state index contributed by atoms with van der Waals surface area (Å²) in [6.45, 7) is -0.0297.